The van der Waals surface area contributed by atoms with Crippen LogP contribution in [0.25, 0.3) is 0 Å². The van der Waals surface area contributed by atoms with Crippen LogP contribution >= 0.6 is 0 Å². The quantitative estimate of drug-likeness (QED) is 0.524. The first-order chi connectivity index (χ1) is 6.77. The molecule has 2 aliphatic carbocycles. The Morgan fingerprint density at radius 2 is 2.43 bits per heavy atom. The lowest BCUT2D eigenvalue weighted by Gasteiger charge is -2.35. The third kappa shape index (κ3) is 1.60. The van der Waals surface area contributed by atoms with Crippen LogP contribution < -0.4 is 0 Å². The third-order valence-corrected chi connectivity index (χ3v) is 3.84. The lowest BCUT2D eigenvalue weighted by Crippen LogP contribution is -2.26. The molecule has 14 heavy (non-hydrogen) atoms. The van der Waals surface area contributed by atoms with Crippen LogP contribution in [0.5, 0.6) is 0 Å². The molecule has 0 aromatic heterocycles. The van der Waals surface area contributed by atoms with Crippen LogP contribution in [0.15, 0.2) is 11.6 Å². The van der Waals surface area contributed by atoms with Gasteiger partial charge in [0, 0.05) is 6.42 Å². The average Bonchev–Trinajstić information content (AvgIpc) is 2.58. The normalized spacial score (nSPS) is 36.0. The summed E-state index contributed by atoms with van der Waals surface area (Å²) >= 11 is 0. The van der Waals surface area contributed by atoms with Crippen LogP contribution in [0, 0.1) is 17.8 Å². The number of allylic oxidation sites excluding steroid dienone is 1. The zero-order valence-corrected chi connectivity index (χ0v) is 8.63. The summed E-state index contributed by atoms with van der Waals surface area (Å²) in [6, 6.07) is 0. The van der Waals surface area contributed by atoms with Crippen LogP contribution in [-0.2, 0) is 0 Å². The second-order valence-corrected chi connectivity index (χ2v) is 4.64. The zero-order chi connectivity index (χ0) is 10.0. The van der Waals surface area contributed by atoms with Gasteiger partial charge >= 0.3 is 0 Å². The van der Waals surface area contributed by atoms with Gasteiger partial charge in [-0.3, -0.25) is 0 Å². The molecule has 1 N–H and O–H groups in total. The van der Waals surface area contributed by atoms with Crippen LogP contribution in [-0.4, -0.2) is 11.2 Å². The number of hydrogen-bond acceptors (Lipinski definition) is 1. The molecule has 1 heteroatoms. The number of terminal acetylenes is 1. The summed E-state index contributed by atoms with van der Waals surface area (Å²) in [4.78, 5) is 0. The lowest BCUT2D eigenvalue weighted by molar-refractivity contribution is 0.161. The van der Waals surface area contributed by atoms with Crippen LogP contribution in [0.2, 0.25) is 0 Å². The van der Waals surface area contributed by atoms with Gasteiger partial charge < -0.3 is 5.11 Å². The van der Waals surface area contributed by atoms with Gasteiger partial charge in [-0.05, 0) is 43.9 Å². The molecule has 1 nitrogen and oxygen atoms in total. The Hall–Kier alpha value is -0.740. The molecule has 76 valence electrons. The molecule has 0 saturated heterocycles. The van der Waals surface area contributed by atoms with E-state index in [0.717, 1.165) is 25.7 Å². The summed E-state index contributed by atoms with van der Waals surface area (Å²) < 4.78 is 0. The van der Waals surface area contributed by atoms with Crippen molar-refractivity contribution in [2.75, 3.05) is 0 Å². The summed E-state index contributed by atoms with van der Waals surface area (Å²) in [7, 11) is 0. The van der Waals surface area contributed by atoms with Crippen molar-refractivity contribution in [1.29, 1.82) is 0 Å². The van der Waals surface area contributed by atoms with Crippen molar-refractivity contribution >= 4 is 0 Å². The number of aliphatic hydroxyl groups is 1. The number of aliphatic hydroxyl groups excluding tert-OH is 1. The fourth-order valence-corrected chi connectivity index (χ4v) is 3.05. The molecule has 0 spiro atoms. The smallest absolute Gasteiger partial charge is 0.0724 e. The Balaban J connectivity index is 2.16. The van der Waals surface area contributed by atoms with Gasteiger partial charge in [0.05, 0.1) is 6.10 Å². The summed E-state index contributed by atoms with van der Waals surface area (Å²) in [6.45, 7) is 0. The molecule has 0 radical (unpaired) electrons. The van der Waals surface area contributed by atoms with E-state index in [1.54, 1.807) is 0 Å². The van der Waals surface area contributed by atoms with Gasteiger partial charge in [-0.25, -0.2) is 0 Å². The van der Waals surface area contributed by atoms with Crippen molar-refractivity contribution in [3.63, 3.8) is 0 Å². The van der Waals surface area contributed by atoms with E-state index in [4.69, 9.17) is 6.42 Å². The monoisotopic (exact) mass is 190 g/mol. The van der Waals surface area contributed by atoms with Crippen molar-refractivity contribution in [2.24, 2.45) is 5.41 Å². The van der Waals surface area contributed by atoms with Gasteiger partial charge in [0.15, 0.2) is 0 Å². The topological polar surface area (TPSA) is 20.2 Å². The standard InChI is InChI=1S/C13H18O/c1-2-3-7-13-8-4-5-11(13)10-12(14)6-9-13/h1,10,12,14H,3-9H2. The number of hydrogen-bond donors (Lipinski definition) is 1. The second-order valence-electron chi connectivity index (χ2n) is 4.64. The Kier molecular flexibility index (Phi) is 2.65. The van der Waals surface area contributed by atoms with Gasteiger partial charge in [0.2, 0.25) is 0 Å². The maximum absolute atomic E-state index is 9.58. The highest BCUT2D eigenvalue weighted by atomic mass is 16.3. The summed E-state index contributed by atoms with van der Waals surface area (Å²) in [5.41, 5.74) is 1.87. The van der Waals surface area contributed by atoms with Crippen molar-refractivity contribution in [1.82, 2.24) is 0 Å². The predicted molar refractivity (Wildman–Crippen MR) is 57.7 cm³/mol. The van der Waals surface area contributed by atoms with Crippen LogP contribution in [0.1, 0.15) is 44.9 Å². The molecule has 0 heterocycles. The first-order valence-electron chi connectivity index (χ1n) is 5.59. The first kappa shape index (κ1) is 9.80. The predicted octanol–water partition coefficient (Wildman–Crippen LogP) is 2.65. The molecule has 0 aliphatic heterocycles. The van der Waals surface area contributed by atoms with Gasteiger partial charge in [-0.1, -0.05) is 11.6 Å². The highest BCUT2D eigenvalue weighted by molar-refractivity contribution is 5.24. The van der Waals surface area contributed by atoms with E-state index in [1.165, 1.54) is 24.8 Å². The second kappa shape index (κ2) is 3.79. The fourth-order valence-electron chi connectivity index (χ4n) is 3.05. The Bertz CT molecular complexity index is 284. The van der Waals surface area contributed by atoms with Crippen molar-refractivity contribution in [3.8, 4) is 12.3 Å². The molecule has 2 unspecified atom stereocenters. The van der Waals surface area contributed by atoms with E-state index in [-0.39, 0.29) is 6.10 Å². The van der Waals surface area contributed by atoms with Crippen LogP contribution in [0.4, 0.5) is 0 Å². The molecule has 1 saturated carbocycles. The summed E-state index contributed by atoms with van der Waals surface area (Å²) in [6.07, 6.45) is 15.1. The molecule has 2 atom stereocenters. The van der Waals surface area contributed by atoms with Crippen LogP contribution in [0.3, 0.4) is 0 Å². The van der Waals surface area contributed by atoms with Gasteiger partial charge in [0.1, 0.15) is 0 Å². The Labute approximate surface area is 86.2 Å². The molecule has 0 bridgehead atoms. The SMILES string of the molecule is C#CCCC12CCCC1=CC(O)CC2. The van der Waals surface area contributed by atoms with Gasteiger partial charge in [-0.2, -0.15) is 0 Å². The van der Waals surface area contributed by atoms with E-state index >= 15 is 0 Å². The van der Waals surface area contributed by atoms with Crippen molar-refractivity contribution < 1.29 is 5.11 Å². The minimum absolute atomic E-state index is 0.193. The largest absolute Gasteiger partial charge is 0.389 e. The minimum Gasteiger partial charge on any atom is -0.389 e. The Morgan fingerprint density at radius 1 is 1.57 bits per heavy atom. The number of rotatable bonds is 2. The fraction of sp³-hybridized carbons (Fsp3) is 0.692. The minimum atomic E-state index is -0.193. The van der Waals surface area contributed by atoms with Crippen molar-refractivity contribution in [2.45, 2.75) is 51.0 Å². The summed E-state index contributed by atoms with van der Waals surface area (Å²) in [5, 5.41) is 9.58. The molecule has 0 amide bonds. The first-order valence-corrected chi connectivity index (χ1v) is 5.59. The maximum atomic E-state index is 9.58. The Morgan fingerprint density at radius 3 is 3.21 bits per heavy atom. The molecule has 2 aliphatic rings. The van der Waals surface area contributed by atoms with E-state index in [2.05, 4.69) is 12.0 Å². The highest BCUT2D eigenvalue weighted by Crippen LogP contribution is 2.52. The lowest BCUT2D eigenvalue weighted by atomic mass is 9.71. The maximum Gasteiger partial charge on any atom is 0.0724 e. The van der Waals surface area contributed by atoms with E-state index in [0.29, 0.717) is 5.41 Å². The van der Waals surface area contributed by atoms with E-state index < -0.39 is 0 Å². The van der Waals surface area contributed by atoms with Gasteiger partial charge in [0.25, 0.3) is 0 Å². The number of fused-ring (bicyclic) bond motifs is 1. The van der Waals surface area contributed by atoms with E-state index in [1.807, 2.05) is 0 Å². The molecule has 1 fully saturated rings. The van der Waals surface area contributed by atoms with Gasteiger partial charge in [-0.15, -0.1) is 12.3 Å². The molecular formula is C13H18O. The average molecular weight is 190 g/mol. The third-order valence-electron chi connectivity index (χ3n) is 3.84. The molecule has 0 aromatic rings. The molecule has 2 rings (SSSR count). The molecule has 0 aromatic carbocycles. The van der Waals surface area contributed by atoms with E-state index in [9.17, 15) is 5.11 Å². The van der Waals surface area contributed by atoms with Crippen molar-refractivity contribution in [3.05, 3.63) is 11.6 Å². The highest BCUT2D eigenvalue weighted by Gasteiger charge is 2.40. The summed E-state index contributed by atoms with van der Waals surface area (Å²) in [5.74, 6) is 2.74. The molecular weight excluding hydrogens is 172 g/mol. The zero-order valence-electron chi connectivity index (χ0n) is 8.63.